The van der Waals surface area contributed by atoms with Crippen molar-refractivity contribution < 1.29 is 4.74 Å². The van der Waals surface area contributed by atoms with Crippen molar-refractivity contribution in [3.05, 3.63) is 107 Å². The molecule has 0 radical (unpaired) electrons. The Labute approximate surface area is 194 Å². The second-order valence-corrected chi connectivity index (χ2v) is 8.11. The van der Waals surface area contributed by atoms with Gasteiger partial charge in [0.25, 0.3) is 0 Å². The fourth-order valence-corrected chi connectivity index (χ4v) is 4.33. The third kappa shape index (κ3) is 3.34. The quantitative estimate of drug-likeness (QED) is 0.387. The molecule has 1 N–H and O–H groups in total. The largest absolute Gasteiger partial charge is 0.497 e. The zero-order valence-electron chi connectivity index (χ0n) is 18.5. The zero-order chi connectivity index (χ0) is 23.1. The van der Waals surface area contributed by atoms with Gasteiger partial charge in [0.05, 0.1) is 24.2 Å². The smallest absolute Gasteiger partial charge is 0.217 e. The molecular formula is C27H21N5O2. The molecule has 3 heterocycles. The van der Waals surface area contributed by atoms with Crippen LogP contribution in [0.15, 0.2) is 95.2 Å². The lowest BCUT2D eigenvalue weighted by atomic mass is 10.2. The van der Waals surface area contributed by atoms with Gasteiger partial charge in [0.15, 0.2) is 11.2 Å². The van der Waals surface area contributed by atoms with Crippen LogP contribution in [0.5, 0.6) is 5.75 Å². The highest BCUT2D eigenvalue weighted by Gasteiger charge is 2.12. The highest BCUT2D eigenvalue weighted by atomic mass is 16.5. The average molecular weight is 447 g/mol. The topological polar surface area (TPSA) is 77.2 Å². The molecule has 0 aliphatic heterocycles. The molecule has 166 valence electrons. The minimum Gasteiger partial charge on any atom is -0.497 e. The average Bonchev–Trinajstić information content (AvgIpc) is 3.45. The second kappa shape index (κ2) is 8.04. The van der Waals surface area contributed by atoms with Gasteiger partial charge in [-0.3, -0.25) is 4.79 Å². The molecule has 7 heteroatoms. The predicted octanol–water partition coefficient (Wildman–Crippen LogP) is 4.77. The Kier molecular flexibility index (Phi) is 4.73. The van der Waals surface area contributed by atoms with Crippen LogP contribution in [-0.2, 0) is 6.54 Å². The normalized spacial score (nSPS) is 11.8. The van der Waals surface area contributed by atoms with Gasteiger partial charge >= 0.3 is 0 Å². The van der Waals surface area contributed by atoms with Gasteiger partial charge in [-0.1, -0.05) is 48.5 Å². The third-order valence-corrected chi connectivity index (χ3v) is 6.03. The number of aromatic amines is 1. The van der Waals surface area contributed by atoms with Crippen molar-refractivity contribution in [3.63, 3.8) is 0 Å². The van der Waals surface area contributed by atoms with Crippen LogP contribution in [-0.4, -0.2) is 32.5 Å². The predicted molar refractivity (Wildman–Crippen MR) is 135 cm³/mol. The molecule has 0 bridgehead atoms. The summed E-state index contributed by atoms with van der Waals surface area (Å²) in [6.07, 6.45) is 5.46. The van der Waals surface area contributed by atoms with E-state index >= 15 is 0 Å². The Morgan fingerprint density at radius 1 is 1.03 bits per heavy atom. The van der Waals surface area contributed by atoms with E-state index in [9.17, 15) is 4.79 Å². The van der Waals surface area contributed by atoms with Crippen LogP contribution in [0.25, 0.3) is 33.0 Å². The van der Waals surface area contributed by atoms with E-state index in [0.29, 0.717) is 27.8 Å². The van der Waals surface area contributed by atoms with Gasteiger partial charge in [-0.25, -0.2) is 9.66 Å². The summed E-state index contributed by atoms with van der Waals surface area (Å²) in [7, 11) is 1.58. The van der Waals surface area contributed by atoms with E-state index in [4.69, 9.17) is 4.74 Å². The molecule has 0 saturated carbocycles. The van der Waals surface area contributed by atoms with Gasteiger partial charge in [-0.05, 0) is 29.8 Å². The number of hydrogen-bond acceptors (Lipinski definition) is 4. The summed E-state index contributed by atoms with van der Waals surface area (Å²) in [5.74, 6) is 0.627. The van der Waals surface area contributed by atoms with Crippen molar-refractivity contribution in [1.29, 1.82) is 0 Å². The molecule has 0 spiro atoms. The van der Waals surface area contributed by atoms with Crippen LogP contribution in [0.1, 0.15) is 11.1 Å². The molecule has 6 aromatic rings. The van der Waals surface area contributed by atoms with E-state index in [1.54, 1.807) is 24.2 Å². The Balaban J connectivity index is 1.42. The van der Waals surface area contributed by atoms with E-state index in [1.165, 1.54) is 5.56 Å². The Hall–Kier alpha value is -4.65. The number of hydrogen-bond donors (Lipinski definition) is 1. The van der Waals surface area contributed by atoms with Gasteiger partial charge in [-0.15, -0.1) is 0 Å². The number of benzene rings is 3. The second-order valence-electron chi connectivity index (χ2n) is 8.11. The number of aromatic nitrogens is 4. The van der Waals surface area contributed by atoms with Crippen molar-refractivity contribution in [3.8, 4) is 5.75 Å². The summed E-state index contributed by atoms with van der Waals surface area (Å²) >= 11 is 0. The standard InChI is InChI=1S/C27H21N5O2/c1-34-20-11-12-23-22(13-20)26(33)25-27(30-23)32(17-28-25)29-14-19-16-31(15-18-7-3-2-4-8-18)24-10-6-5-9-21(19)24/h2-14,16-17H,15H2,1H3,(H,30,33). The molecule has 0 atom stereocenters. The van der Waals surface area contributed by atoms with Crippen LogP contribution in [0, 0.1) is 0 Å². The fraction of sp³-hybridized carbons (Fsp3) is 0.0741. The first-order valence-electron chi connectivity index (χ1n) is 10.9. The number of ether oxygens (including phenoxy) is 1. The van der Waals surface area contributed by atoms with Gasteiger partial charge in [0.2, 0.25) is 5.43 Å². The molecule has 3 aromatic heterocycles. The number of nitrogens with one attached hydrogen (secondary N) is 1. The molecule has 34 heavy (non-hydrogen) atoms. The molecule has 6 rings (SSSR count). The Morgan fingerprint density at radius 3 is 2.71 bits per heavy atom. The molecular weight excluding hydrogens is 426 g/mol. The van der Waals surface area contributed by atoms with E-state index in [0.717, 1.165) is 23.0 Å². The number of rotatable bonds is 5. The monoisotopic (exact) mass is 447 g/mol. The maximum Gasteiger partial charge on any atom is 0.217 e. The first-order chi connectivity index (χ1) is 16.7. The van der Waals surface area contributed by atoms with Crippen molar-refractivity contribution in [1.82, 2.24) is 19.2 Å². The van der Waals surface area contributed by atoms with Crippen LogP contribution >= 0.6 is 0 Å². The van der Waals surface area contributed by atoms with Gasteiger partial charge in [0.1, 0.15) is 12.1 Å². The van der Waals surface area contributed by atoms with E-state index in [-0.39, 0.29) is 5.43 Å². The lowest BCUT2D eigenvalue weighted by Crippen LogP contribution is -2.05. The zero-order valence-corrected chi connectivity index (χ0v) is 18.5. The van der Waals surface area contributed by atoms with E-state index in [1.807, 2.05) is 48.7 Å². The number of methoxy groups -OCH3 is 1. The highest BCUT2D eigenvalue weighted by molar-refractivity contribution is 5.99. The van der Waals surface area contributed by atoms with Gasteiger partial charge < -0.3 is 14.3 Å². The number of para-hydroxylation sites is 1. The van der Waals surface area contributed by atoms with Crippen molar-refractivity contribution in [2.45, 2.75) is 6.54 Å². The molecule has 3 aromatic carbocycles. The minimum atomic E-state index is -0.156. The van der Waals surface area contributed by atoms with Crippen molar-refractivity contribution >= 4 is 39.2 Å². The maximum atomic E-state index is 13.0. The summed E-state index contributed by atoms with van der Waals surface area (Å²) in [6.45, 7) is 0.770. The molecule has 0 aliphatic carbocycles. The Bertz CT molecular complexity index is 1740. The summed E-state index contributed by atoms with van der Waals surface area (Å²) in [4.78, 5) is 20.6. The lowest BCUT2D eigenvalue weighted by molar-refractivity contribution is 0.415. The molecule has 7 nitrogen and oxygen atoms in total. The summed E-state index contributed by atoms with van der Waals surface area (Å²) in [5, 5.41) is 6.28. The number of pyridine rings is 1. The van der Waals surface area contributed by atoms with Gasteiger partial charge in [-0.2, -0.15) is 5.10 Å². The molecule has 0 fully saturated rings. The maximum absolute atomic E-state index is 13.0. The molecule has 0 aliphatic rings. The van der Waals surface area contributed by atoms with Crippen LogP contribution in [0.4, 0.5) is 0 Å². The molecule has 0 saturated heterocycles. The number of fused-ring (bicyclic) bond motifs is 3. The van der Waals surface area contributed by atoms with Crippen molar-refractivity contribution in [2.24, 2.45) is 5.10 Å². The molecule has 0 amide bonds. The third-order valence-electron chi connectivity index (χ3n) is 6.03. The van der Waals surface area contributed by atoms with E-state index < -0.39 is 0 Å². The first-order valence-corrected chi connectivity index (χ1v) is 10.9. The fourth-order valence-electron chi connectivity index (χ4n) is 4.33. The van der Waals surface area contributed by atoms with Crippen LogP contribution < -0.4 is 10.2 Å². The minimum absolute atomic E-state index is 0.156. The highest BCUT2D eigenvalue weighted by Crippen LogP contribution is 2.22. The van der Waals surface area contributed by atoms with Crippen LogP contribution in [0.3, 0.4) is 0 Å². The number of imidazole rings is 1. The van der Waals surface area contributed by atoms with Crippen molar-refractivity contribution in [2.75, 3.05) is 7.11 Å². The summed E-state index contributed by atoms with van der Waals surface area (Å²) in [6, 6.07) is 24.0. The summed E-state index contributed by atoms with van der Waals surface area (Å²) < 4.78 is 9.08. The van der Waals surface area contributed by atoms with Gasteiger partial charge in [0, 0.05) is 29.2 Å². The SMILES string of the molecule is COc1ccc2[nH]c3c(ncn3N=Cc3cn(Cc4ccccc4)c4ccccc34)c(=O)c2c1. The van der Waals surface area contributed by atoms with E-state index in [2.05, 4.69) is 50.1 Å². The lowest BCUT2D eigenvalue weighted by Gasteiger charge is -2.05. The number of nitrogens with zero attached hydrogens (tertiary/aromatic N) is 4. The summed E-state index contributed by atoms with van der Waals surface area (Å²) in [5.41, 5.74) is 4.79. The first kappa shape index (κ1) is 20.0. The number of H-pyrrole nitrogens is 1. The Morgan fingerprint density at radius 2 is 1.85 bits per heavy atom. The van der Waals surface area contributed by atoms with Crippen LogP contribution in [0.2, 0.25) is 0 Å². The molecule has 0 unspecified atom stereocenters.